The monoisotopic (exact) mass is 527 g/mol. The van der Waals surface area contributed by atoms with Gasteiger partial charge in [-0.1, -0.05) is 42.3 Å². The SMILES string of the molecule is Cc1ccc(S(=O)(=O)[C@@H]2CCC[C@H]2C(=O)N(Cc2ccc3c(c2)CCC3)C2CCC3C(C2)C3(F)F)cc1. The number of hydrogen-bond donors (Lipinski definition) is 0. The standard InChI is InChI=1S/C30H35F2NO3S/c1-19-8-13-24(14-9-19)37(35,36)28-7-3-6-25(28)29(34)33(23-12-15-26-27(17-23)30(26,31)32)18-20-10-11-21-4-2-5-22(21)16-20/h8-11,13-14,16,23,25-28H,2-7,12,15,17-18H2,1H3/t23?,25-,26?,27?,28-/m1/s1. The van der Waals surface area contributed by atoms with Gasteiger partial charge in [0, 0.05) is 24.4 Å². The summed E-state index contributed by atoms with van der Waals surface area (Å²) < 4.78 is 55.8. The molecule has 0 bridgehead atoms. The molecule has 4 aliphatic carbocycles. The molecular weight excluding hydrogens is 492 g/mol. The summed E-state index contributed by atoms with van der Waals surface area (Å²) in [5.41, 5.74) is 4.64. The second-order valence-corrected chi connectivity index (χ2v) is 13.9. The van der Waals surface area contributed by atoms with Crippen LogP contribution in [0.5, 0.6) is 0 Å². The summed E-state index contributed by atoms with van der Waals surface area (Å²) in [6.45, 7) is 2.26. The van der Waals surface area contributed by atoms with Crippen molar-refractivity contribution in [2.45, 2.75) is 93.4 Å². The number of sulfone groups is 1. The molecule has 2 aromatic carbocycles. The summed E-state index contributed by atoms with van der Waals surface area (Å²) >= 11 is 0. The first-order valence-corrected chi connectivity index (χ1v) is 15.3. The third-order valence-corrected chi connectivity index (χ3v) is 11.8. The number of amides is 1. The van der Waals surface area contributed by atoms with Gasteiger partial charge < -0.3 is 4.90 Å². The summed E-state index contributed by atoms with van der Waals surface area (Å²) in [5.74, 6) is -4.65. The van der Waals surface area contributed by atoms with Crippen LogP contribution in [0.15, 0.2) is 47.4 Å². The number of halogens is 2. The van der Waals surface area contributed by atoms with Crippen molar-refractivity contribution in [1.29, 1.82) is 0 Å². The van der Waals surface area contributed by atoms with E-state index in [0.717, 1.165) is 30.4 Å². The lowest BCUT2D eigenvalue weighted by atomic mass is 9.92. The third kappa shape index (κ3) is 4.41. The zero-order valence-electron chi connectivity index (χ0n) is 21.3. The summed E-state index contributed by atoms with van der Waals surface area (Å²) in [6.07, 6.45) is 6.14. The molecule has 0 saturated heterocycles. The van der Waals surface area contributed by atoms with Gasteiger partial charge in [0.15, 0.2) is 9.84 Å². The lowest BCUT2D eigenvalue weighted by Crippen LogP contribution is -2.47. The summed E-state index contributed by atoms with van der Waals surface area (Å²) in [4.78, 5) is 16.2. The first kappa shape index (κ1) is 25.0. The van der Waals surface area contributed by atoms with E-state index in [0.29, 0.717) is 45.1 Å². The van der Waals surface area contributed by atoms with E-state index >= 15 is 0 Å². The summed E-state index contributed by atoms with van der Waals surface area (Å²) in [5, 5.41) is -0.774. The number of nitrogens with zero attached hydrogens (tertiary/aromatic N) is 1. The van der Waals surface area contributed by atoms with Gasteiger partial charge in [0.05, 0.1) is 16.1 Å². The van der Waals surface area contributed by atoms with Crippen molar-refractivity contribution in [1.82, 2.24) is 4.90 Å². The van der Waals surface area contributed by atoms with Crippen LogP contribution in [-0.4, -0.2) is 36.4 Å². The average Bonchev–Trinajstić information content (AvgIpc) is 3.33. The van der Waals surface area contributed by atoms with Crippen LogP contribution < -0.4 is 0 Å². The van der Waals surface area contributed by atoms with Gasteiger partial charge in [-0.25, -0.2) is 17.2 Å². The molecule has 0 heterocycles. The quantitative estimate of drug-likeness (QED) is 0.471. The van der Waals surface area contributed by atoms with Gasteiger partial charge >= 0.3 is 0 Å². The maximum Gasteiger partial charge on any atom is 0.254 e. The highest BCUT2D eigenvalue weighted by molar-refractivity contribution is 7.92. The Kier molecular flexibility index (Phi) is 6.21. The zero-order chi connectivity index (χ0) is 25.9. The fourth-order valence-electron chi connectivity index (χ4n) is 7.24. The van der Waals surface area contributed by atoms with Gasteiger partial charge in [0.25, 0.3) is 5.92 Å². The molecule has 0 N–H and O–H groups in total. The second-order valence-electron chi connectivity index (χ2n) is 11.7. The molecule has 5 atom stereocenters. The predicted octanol–water partition coefficient (Wildman–Crippen LogP) is 5.89. The molecule has 4 aliphatic rings. The van der Waals surface area contributed by atoms with Crippen molar-refractivity contribution in [2.24, 2.45) is 17.8 Å². The number of carbonyl (C=O) groups excluding carboxylic acids is 1. The number of aryl methyl sites for hydroxylation is 3. The fourth-order valence-corrected chi connectivity index (χ4v) is 9.27. The number of rotatable bonds is 6. The predicted molar refractivity (Wildman–Crippen MR) is 138 cm³/mol. The molecule has 3 saturated carbocycles. The summed E-state index contributed by atoms with van der Waals surface area (Å²) in [7, 11) is -3.68. The van der Waals surface area contributed by atoms with Crippen molar-refractivity contribution >= 4 is 15.7 Å². The molecular formula is C30H35F2NO3S. The smallest absolute Gasteiger partial charge is 0.254 e. The van der Waals surface area contributed by atoms with Crippen LogP contribution in [0, 0.1) is 24.7 Å². The number of benzene rings is 2. The van der Waals surface area contributed by atoms with Crippen molar-refractivity contribution in [3.63, 3.8) is 0 Å². The van der Waals surface area contributed by atoms with Crippen LogP contribution >= 0.6 is 0 Å². The lowest BCUT2D eigenvalue weighted by molar-refractivity contribution is -0.139. The minimum absolute atomic E-state index is 0.175. The summed E-state index contributed by atoms with van der Waals surface area (Å²) in [6, 6.07) is 12.9. The molecule has 0 aliphatic heterocycles. The van der Waals surface area contributed by atoms with Crippen molar-refractivity contribution in [3.8, 4) is 0 Å². The van der Waals surface area contributed by atoms with E-state index in [-0.39, 0.29) is 16.8 Å². The minimum Gasteiger partial charge on any atom is -0.335 e. The minimum atomic E-state index is -3.68. The van der Waals surface area contributed by atoms with Gasteiger partial charge in [0.2, 0.25) is 5.91 Å². The van der Waals surface area contributed by atoms with Crippen LogP contribution in [0.4, 0.5) is 8.78 Å². The van der Waals surface area contributed by atoms with Crippen molar-refractivity contribution in [3.05, 3.63) is 64.7 Å². The van der Waals surface area contributed by atoms with Gasteiger partial charge in [-0.15, -0.1) is 0 Å². The van der Waals surface area contributed by atoms with E-state index in [2.05, 4.69) is 18.2 Å². The highest BCUT2D eigenvalue weighted by Crippen LogP contribution is 2.62. The maximum atomic E-state index is 14.3. The van der Waals surface area contributed by atoms with E-state index in [1.165, 1.54) is 11.1 Å². The highest BCUT2D eigenvalue weighted by Gasteiger charge is 2.69. The first-order valence-electron chi connectivity index (χ1n) is 13.8. The Labute approximate surface area is 218 Å². The molecule has 3 unspecified atom stereocenters. The molecule has 0 aromatic heterocycles. The molecule has 1 amide bonds. The van der Waals surface area contributed by atoms with E-state index in [9.17, 15) is 22.0 Å². The fraction of sp³-hybridized carbons (Fsp3) is 0.567. The molecule has 2 aromatic rings. The Morgan fingerprint density at radius 3 is 2.46 bits per heavy atom. The van der Waals surface area contributed by atoms with Gasteiger partial charge in [0.1, 0.15) is 0 Å². The van der Waals surface area contributed by atoms with Gasteiger partial charge in [-0.2, -0.15) is 0 Å². The molecule has 6 rings (SSSR count). The first-order chi connectivity index (χ1) is 17.7. The highest BCUT2D eigenvalue weighted by atomic mass is 32.2. The van der Waals surface area contributed by atoms with Crippen molar-refractivity contribution < 1.29 is 22.0 Å². The van der Waals surface area contributed by atoms with Gasteiger partial charge in [-0.3, -0.25) is 4.79 Å². The Bertz CT molecular complexity index is 1310. The molecule has 4 nitrogen and oxygen atoms in total. The van der Waals surface area contributed by atoms with Crippen LogP contribution in [0.2, 0.25) is 0 Å². The molecule has 0 spiro atoms. The molecule has 7 heteroatoms. The number of fused-ring (bicyclic) bond motifs is 2. The number of hydrogen-bond acceptors (Lipinski definition) is 3. The topological polar surface area (TPSA) is 54.5 Å². The van der Waals surface area contributed by atoms with Gasteiger partial charge in [-0.05, 0) is 87.1 Å². The van der Waals surface area contributed by atoms with E-state index < -0.39 is 38.8 Å². The number of carbonyl (C=O) groups is 1. The average molecular weight is 528 g/mol. The Balaban J connectivity index is 1.29. The van der Waals surface area contributed by atoms with E-state index in [4.69, 9.17) is 0 Å². The lowest BCUT2D eigenvalue weighted by Gasteiger charge is -2.37. The van der Waals surface area contributed by atoms with E-state index in [1.807, 2.05) is 6.92 Å². The number of alkyl halides is 2. The maximum absolute atomic E-state index is 14.3. The van der Waals surface area contributed by atoms with Crippen LogP contribution in [0.3, 0.4) is 0 Å². The third-order valence-electron chi connectivity index (χ3n) is 9.46. The molecule has 198 valence electrons. The Morgan fingerprint density at radius 2 is 1.70 bits per heavy atom. The zero-order valence-corrected chi connectivity index (χ0v) is 22.2. The van der Waals surface area contributed by atoms with Crippen LogP contribution in [0.25, 0.3) is 0 Å². The Morgan fingerprint density at radius 1 is 0.946 bits per heavy atom. The largest absolute Gasteiger partial charge is 0.335 e. The molecule has 3 fully saturated rings. The normalized spacial score (nSPS) is 30.0. The Hall–Kier alpha value is -2.28. The molecule has 37 heavy (non-hydrogen) atoms. The molecule has 0 radical (unpaired) electrons. The second kappa shape index (κ2) is 9.18. The van der Waals surface area contributed by atoms with E-state index in [1.54, 1.807) is 29.2 Å². The van der Waals surface area contributed by atoms with Crippen LogP contribution in [-0.2, 0) is 34.0 Å². The van der Waals surface area contributed by atoms with Crippen LogP contribution in [0.1, 0.15) is 67.2 Å². The van der Waals surface area contributed by atoms with Crippen molar-refractivity contribution in [2.75, 3.05) is 0 Å².